The second-order valence-corrected chi connectivity index (χ2v) is 4.14. The molecule has 0 saturated heterocycles. The highest BCUT2D eigenvalue weighted by molar-refractivity contribution is 9.10. The summed E-state index contributed by atoms with van der Waals surface area (Å²) in [4.78, 5) is 0. The minimum Gasteiger partial charge on any atom is -0.454 e. The van der Waals surface area contributed by atoms with Crippen LogP contribution in [0.2, 0.25) is 0 Å². The van der Waals surface area contributed by atoms with E-state index in [1.165, 1.54) is 0 Å². The van der Waals surface area contributed by atoms with Crippen LogP contribution in [0.1, 0.15) is 18.1 Å². The van der Waals surface area contributed by atoms with Crippen LogP contribution >= 0.6 is 15.9 Å². The number of hydrogen-bond donors (Lipinski definition) is 2. The monoisotopic (exact) mass is 273 g/mol. The van der Waals surface area contributed by atoms with Gasteiger partial charge in [-0.05, 0) is 25.1 Å². The van der Waals surface area contributed by atoms with E-state index in [0.29, 0.717) is 24.5 Å². The van der Waals surface area contributed by atoms with Crippen LogP contribution in [0, 0.1) is 0 Å². The molecule has 1 aromatic carbocycles. The van der Waals surface area contributed by atoms with Crippen LogP contribution in [0.15, 0.2) is 16.6 Å². The van der Waals surface area contributed by atoms with Crippen LogP contribution in [0.5, 0.6) is 11.5 Å². The molecule has 1 aromatic rings. The zero-order valence-corrected chi connectivity index (χ0v) is 9.66. The summed E-state index contributed by atoms with van der Waals surface area (Å²) in [7, 11) is 0. The SMILES string of the molecule is NCCC(O)c1c(Br)ccc2c1OCO2. The van der Waals surface area contributed by atoms with E-state index in [1.807, 2.05) is 12.1 Å². The topological polar surface area (TPSA) is 64.7 Å². The van der Waals surface area contributed by atoms with E-state index in [1.54, 1.807) is 0 Å². The Hall–Kier alpha value is -0.780. The lowest BCUT2D eigenvalue weighted by molar-refractivity contribution is 0.153. The first kappa shape index (κ1) is 10.7. The van der Waals surface area contributed by atoms with Crippen LogP contribution in [-0.4, -0.2) is 18.4 Å². The molecule has 82 valence electrons. The van der Waals surface area contributed by atoms with E-state index < -0.39 is 6.10 Å². The number of rotatable bonds is 3. The minimum absolute atomic E-state index is 0.203. The van der Waals surface area contributed by atoms with Gasteiger partial charge >= 0.3 is 0 Å². The van der Waals surface area contributed by atoms with Crippen molar-refractivity contribution in [1.29, 1.82) is 0 Å². The van der Waals surface area contributed by atoms with Gasteiger partial charge in [-0.1, -0.05) is 15.9 Å². The summed E-state index contributed by atoms with van der Waals surface area (Å²) in [5.74, 6) is 1.29. The van der Waals surface area contributed by atoms with Crippen molar-refractivity contribution >= 4 is 15.9 Å². The Morgan fingerprint density at radius 1 is 1.47 bits per heavy atom. The molecule has 0 bridgehead atoms. The van der Waals surface area contributed by atoms with Crippen LogP contribution in [0.3, 0.4) is 0 Å². The highest BCUT2D eigenvalue weighted by Crippen LogP contribution is 2.43. The molecule has 0 aliphatic carbocycles. The molecule has 0 fully saturated rings. The molecule has 15 heavy (non-hydrogen) atoms. The highest BCUT2D eigenvalue weighted by atomic mass is 79.9. The number of aliphatic hydroxyl groups excluding tert-OH is 1. The van der Waals surface area contributed by atoms with E-state index in [-0.39, 0.29) is 6.79 Å². The van der Waals surface area contributed by atoms with Gasteiger partial charge in [0.1, 0.15) is 0 Å². The first-order valence-electron chi connectivity index (χ1n) is 4.70. The summed E-state index contributed by atoms with van der Waals surface area (Å²) >= 11 is 3.38. The molecule has 0 aromatic heterocycles. The van der Waals surface area contributed by atoms with Gasteiger partial charge in [-0.15, -0.1) is 0 Å². The quantitative estimate of drug-likeness (QED) is 0.878. The van der Waals surface area contributed by atoms with Gasteiger partial charge in [0, 0.05) is 10.0 Å². The second-order valence-electron chi connectivity index (χ2n) is 3.29. The van der Waals surface area contributed by atoms with Crippen molar-refractivity contribution in [1.82, 2.24) is 0 Å². The number of aliphatic hydroxyl groups is 1. The molecule has 1 atom stereocenters. The number of ether oxygens (including phenoxy) is 2. The Morgan fingerprint density at radius 3 is 3.00 bits per heavy atom. The molecule has 2 rings (SSSR count). The Kier molecular flexibility index (Phi) is 3.14. The first-order valence-corrected chi connectivity index (χ1v) is 5.49. The number of fused-ring (bicyclic) bond motifs is 1. The fourth-order valence-corrected chi connectivity index (χ4v) is 2.16. The van der Waals surface area contributed by atoms with Crippen LogP contribution in [-0.2, 0) is 0 Å². The lowest BCUT2D eigenvalue weighted by atomic mass is 10.1. The maximum absolute atomic E-state index is 9.92. The highest BCUT2D eigenvalue weighted by Gasteiger charge is 2.24. The Labute approximate surface area is 96.1 Å². The molecule has 0 saturated carbocycles. The number of benzene rings is 1. The number of hydrogen-bond acceptors (Lipinski definition) is 4. The maximum Gasteiger partial charge on any atom is 0.231 e. The average Bonchev–Trinajstić information content (AvgIpc) is 2.65. The molecule has 5 heteroatoms. The summed E-state index contributed by atoms with van der Waals surface area (Å²) in [6.45, 7) is 0.631. The Bertz CT molecular complexity index is 370. The molecule has 0 amide bonds. The molecule has 1 heterocycles. The fraction of sp³-hybridized carbons (Fsp3) is 0.400. The largest absolute Gasteiger partial charge is 0.454 e. The number of halogens is 1. The van der Waals surface area contributed by atoms with Gasteiger partial charge in [0.15, 0.2) is 11.5 Å². The minimum atomic E-state index is -0.624. The predicted molar refractivity (Wildman–Crippen MR) is 58.9 cm³/mol. The molecule has 4 nitrogen and oxygen atoms in total. The van der Waals surface area contributed by atoms with Gasteiger partial charge < -0.3 is 20.3 Å². The van der Waals surface area contributed by atoms with Gasteiger partial charge in [0.05, 0.1) is 6.10 Å². The van der Waals surface area contributed by atoms with Gasteiger partial charge in [-0.2, -0.15) is 0 Å². The summed E-state index contributed by atoms with van der Waals surface area (Å²) < 4.78 is 11.4. The Morgan fingerprint density at radius 2 is 2.27 bits per heavy atom. The third kappa shape index (κ3) is 1.95. The third-order valence-corrected chi connectivity index (χ3v) is 2.99. The van der Waals surface area contributed by atoms with Crippen LogP contribution in [0.4, 0.5) is 0 Å². The predicted octanol–water partition coefficient (Wildman–Crippen LogP) is 1.56. The first-order chi connectivity index (χ1) is 7.24. The zero-order valence-electron chi connectivity index (χ0n) is 8.07. The second kappa shape index (κ2) is 4.38. The van der Waals surface area contributed by atoms with E-state index in [4.69, 9.17) is 15.2 Å². The average molecular weight is 274 g/mol. The lowest BCUT2D eigenvalue weighted by Crippen LogP contribution is -2.08. The van der Waals surface area contributed by atoms with E-state index in [0.717, 1.165) is 10.0 Å². The van der Waals surface area contributed by atoms with Gasteiger partial charge in [-0.25, -0.2) is 0 Å². The molecule has 3 N–H and O–H groups in total. The van der Waals surface area contributed by atoms with E-state index in [2.05, 4.69) is 15.9 Å². The molecular weight excluding hydrogens is 262 g/mol. The summed E-state index contributed by atoms with van der Waals surface area (Å²) in [5.41, 5.74) is 6.13. The zero-order chi connectivity index (χ0) is 10.8. The number of nitrogens with two attached hydrogens (primary N) is 1. The molecular formula is C10H12BrNO3. The third-order valence-electron chi connectivity index (χ3n) is 2.30. The van der Waals surface area contributed by atoms with Crippen molar-refractivity contribution in [3.63, 3.8) is 0 Å². The van der Waals surface area contributed by atoms with E-state index >= 15 is 0 Å². The Balaban J connectivity index is 2.40. The summed E-state index contributed by atoms with van der Waals surface area (Å²) in [5, 5.41) is 9.92. The van der Waals surface area contributed by atoms with Gasteiger partial charge in [0.2, 0.25) is 6.79 Å². The molecule has 1 unspecified atom stereocenters. The smallest absolute Gasteiger partial charge is 0.231 e. The van der Waals surface area contributed by atoms with Crippen molar-refractivity contribution in [3.05, 3.63) is 22.2 Å². The molecule has 1 aliphatic heterocycles. The van der Waals surface area contributed by atoms with Crippen LogP contribution in [0.25, 0.3) is 0 Å². The summed E-state index contributed by atoms with van der Waals surface area (Å²) in [6.07, 6.45) is -0.126. The fourth-order valence-electron chi connectivity index (χ4n) is 1.58. The molecule has 0 spiro atoms. The van der Waals surface area contributed by atoms with Crippen molar-refractivity contribution in [3.8, 4) is 11.5 Å². The van der Waals surface area contributed by atoms with E-state index in [9.17, 15) is 5.11 Å². The standard InChI is InChI=1S/C10H12BrNO3/c11-6-1-2-8-10(15-5-14-8)9(6)7(13)3-4-12/h1-2,7,13H,3-5,12H2. The van der Waals surface area contributed by atoms with Crippen molar-refractivity contribution < 1.29 is 14.6 Å². The lowest BCUT2D eigenvalue weighted by Gasteiger charge is -2.14. The van der Waals surface area contributed by atoms with Crippen molar-refractivity contribution in [2.24, 2.45) is 5.73 Å². The molecule has 1 aliphatic rings. The maximum atomic E-state index is 9.92. The van der Waals surface area contributed by atoms with Gasteiger partial charge in [0.25, 0.3) is 0 Å². The van der Waals surface area contributed by atoms with Crippen molar-refractivity contribution in [2.45, 2.75) is 12.5 Å². The normalized spacial score (nSPS) is 15.4. The van der Waals surface area contributed by atoms with Crippen LogP contribution < -0.4 is 15.2 Å². The summed E-state index contributed by atoms with van der Waals surface area (Å²) in [6, 6.07) is 3.65. The van der Waals surface area contributed by atoms with Gasteiger partial charge in [-0.3, -0.25) is 0 Å². The molecule has 0 radical (unpaired) electrons. The van der Waals surface area contributed by atoms with Crippen molar-refractivity contribution in [2.75, 3.05) is 13.3 Å².